The summed E-state index contributed by atoms with van der Waals surface area (Å²) in [4.78, 5) is 12.2. The van der Waals surface area contributed by atoms with Gasteiger partial charge in [-0.25, -0.2) is 0 Å². The maximum absolute atomic E-state index is 12.2. The van der Waals surface area contributed by atoms with E-state index >= 15 is 0 Å². The molecular formula is C15H15BrN2O. The molecular weight excluding hydrogens is 304 g/mol. The second kappa shape index (κ2) is 5.45. The topological polar surface area (TPSA) is 55.1 Å². The van der Waals surface area contributed by atoms with E-state index in [1.807, 2.05) is 32.0 Å². The fourth-order valence-electron chi connectivity index (χ4n) is 1.77. The molecule has 4 heteroatoms. The van der Waals surface area contributed by atoms with Gasteiger partial charge in [0.1, 0.15) is 0 Å². The van der Waals surface area contributed by atoms with Gasteiger partial charge in [-0.1, -0.05) is 12.1 Å². The summed E-state index contributed by atoms with van der Waals surface area (Å²) >= 11 is 3.31. The summed E-state index contributed by atoms with van der Waals surface area (Å²) in [6.07, 6.45) is 0. The van der Waals surface area contributed by atoms with E-state index in [0.717, 1.165) is 21.3 Å². The van der Waals surface area contributed by atoms with E-state index in [1.54, 1.807) is 18.2 Å². The number of amides is 1. The third-order valence-corrected chi connectivity index (χ3v) is 3.83. The van der Waals surface area contributed by atoms with Crippen LogP contribution in [-0.4, -0.2) is 5.91 Å². The molecule has 0 aliphatic heterocycles. The second-order valence-corrected chi connectivity index (χ2v) is 5.29. The van der Waals surface area contributed by atoms with Crippen molar-refractivity contribution in [2.45, 2.75) is 13.8 Å². The number of hydrogen-bond donors (Lipinski definition) is 2. The number of halogens is 1. The van der Waals surface area contributed by atoms with Gasteiger partial charge >= 0.3 is 0 Å². The minimum Gasteiger partial charge on any atom is -0.398 e. The van der Waals surface area contributed by atoms with Crippen molar-refractivity contribution < 1.29 is 4.79 Å². The van der Waals surface area contributed by atoms with Crippen LogP contribution in [0.3, 0.4) is 0 Å². The molecule has 98 valence electrons. The summed E-state index contributed by atoms with van der Waals surface area (Å²) in [5.74, 6) is -0.159. The lowest BCUT2D eigenvalue weighted by Gasteiger charge is -2.11. The van der Waals surface area contributed by atoms with E-state index in [-0.39, 0.29) is 5.91 Å². The maximum atomic E-state index is 12.2. The first-order valence-electron chi connectivity index (χ1n) is 5.91. The second-order valence-electron chi connectivity index (χ2n) is 4.44. The van der Waals surface area contributed by atoms with Gasteiger partial charge in [-0.3, -0.25) is 4.79 Å². The van der Waals surface area contributed by atoms with E-state index < -0.39 is 0 Å². The van der Waals surface area contributed by atoms with Crippen molar-refractivity contribution in [1.82, 2.24) is 0 Å². The number of anilines is 2. The first-order chi connectivity index (χ1) is 8.99. The predicted octanol–water partition coefficient (Wildman–Crippen LogP) is 3.90. The lowest BCUT2D eigenvalue weighted by molar-refractivity contribution is 0.102. The van der Waals surface area contributed by atoms with Gasteiger partial charge in [0.15, 0.2) is 0 Å². The molecule has 0 saturated heterocycles. The molecule has 0 unspecified atom stereocenters. The Morgan fingerprint density at radius 1 is 1.21 bits per heavy atom. The van der Waals surface area contributed by atoms with Crippen molar-refractivity contribution in [2.24, 2.45) is 0 Å². The third-order valence-electron chi connectivity index (χ3n) is 3.11. The highest BCUT2D eigenvalue weighted by atomic mass is 79.9. The minimum atomic E-state index is -0.159. The molecule has 3 N–H and O–H groups in total. The molecule has 2 aromatic carbocycles. The lowest BCUT2D eigenvalue weighted by atomic mass is 10.1. The zero-order valence-corrected chi connectivity index (χ0v) is 12.4. The molecule has 2 rings (SSSR count). The molecule has 0 saturated carbocycles. The molecule has 0 spiro atoms. The Hall–Kier alpha value is -1.81. The predicted molar refractivity (Wildman–Crippen MR) is 82.4 cm³/mol. The molecule has 0 aromatic heterocycles. The van der Waals surface area contributed by atoms with Crippen LogP contribution >= 0.6 is 15.9 Å². The number of nitrogens with one attached hydrogen (secondary N) is 1. The first-order valence-corrected chi connectivity index (χ1v) is 6.71. The number of rotatable bonds is 2. The molecule has 0 radical (unpaired) electrons. The van der Waals surface area contributed by atoms with Gasteiger partial charge in [0.2, 0.25) is 0 Å². The van der Waals surface area contributed by atoms with Crippen LogP contribution in [0.5, 0.6) is 0 Å². The average Bonchev–Trinajstić information content (AvgIpc) is 2.38. The number of hydrogen-bond acceptors (Lipinski definition) is 2. The highest BCUT2D eigenvalue weighted by Gasteiger charge is 2.09. The van der Waals surface area contributed by atoms with Crippen LogP contribution in [0.1, 0.15) is 21.5 Å². The molecule has 0 aliphatic carbocycles. The zero-order chi connectivity index (χ0) is 14.0. The number of aryl methyl sites for hydroxylation is 1. The van der Waals surface area contributed by atoms with Crippen molar-refractivity contribution in [3.05, 3.63) is 57.6 Å². The molecule has 3 nitrogen and oxygen atoms in total. The molecule has 0 fully saturated rings. The van der Waals surface area contributed by atoms with Gasteiger partial charge in [0.05, 0.1) is 0 Å². The molecule has 0 aliphatic rings. The molecule has 2 aromatic rings. The number of carbonyl (C=O) groups is 1. The van der Waals surface area contributed by atoms with Crippen LogP contribution in [0.15, 0.2) is 40.9 Å². The fourth-order valence-corrected chi connectivity index (χ4v) is 2.01. The van der Waals surface area contributed by atoms with Crippen molar-refractivity contribution in [3.63, 3.8) is 0 Å². The Bertz CT molecular complexity index is 638. The molecule has 0 heterocycles. The first kappa shape index (κ1) is 13.6. The molecule has 1 amide bonds. The normalized spacial score (nSPS) is 10.3. The van der Waals surface area contributed by atoms with E-state index in [9.17, 15) is 4.79 Å². The molecule has 19 heavy (non-hydrogen) atoms. The number of benzene rings is 2. The largest absolute Gasteiger partial charge is 0.398 e. The van der Waals surface area contributed by atoms with Crippen LogP contribution in [-0.2, 0) is 0 Å². The quantitative estimate of drug-likeness (QED) is 0.825. The Kier molecular flexibility index (Phi) is 3.90. The summed E-state index contributed by atoms with van der Waals surface area (Å²) in [5.41, 5.74) is 9.91. The summed E-state index contributed by atoms with van der Waals surface area (Å²) in [6.45, 7) is 4.00. The van der Waals surface area contributed by atoms with Crippen LogP contribution in [0, 0.1) is 13.8 Å². The Morgan fingerprint density at radius 3 is 2.63 bits per heavy atom. The van der Waals surface area contributed by atoms with Crippen molar-refractivity contribution in [1.29, 1.82) is 0 Å². The van der Waals surface area contributed by atoms with Gasteiger partial charge in [0, 0.05) is 21.4 Å². The number of nitrogens with two attached hydrogens (primary N) is 1. The Labute approximate surface area is 121 Å². The Morgan fingerprint density at radius 2 is 1.95 bits per heavy atom. The summed E-state index contributed by atoms with van der Waals surface area (Å²) in [5, 5.41) is 2.90. The van der Waals surface area contributed by atoms with Crippen molar-refractivity contribution >= 4 is 33.2 Å². The van der Waals surface area contributed by atoms with Gasteiger partial charge in [-0.2, -0.15) is 0 Å². The monoisotopic (exact) mass is 318 g/mol. The third kappa shape index (κ3) is 2.96. The number of nitrogen functional groups attached to an aromatic ring is 1. The highest BCUT2D eigenvalue weighted by molar-refractivity contribution is 9.10. The highest BCUT2D eigenvalue weighted by Crippen LogP contribution is 2.22. The summed E-state index contributed by atoms with van der Waals surface area (Å²) in [6, 6.07) is 11.0. The smallest absolute Gasteiger partial charge is 0.255 e. The van der Waals surface area contributed by atoms with E-state index in [0.29, 0.717) is 11.3 Å². The van der Waals surface area contributed by atoms with Gasteiger partial charge in [-0.15, -0.1) is 0 Å². The van der Waals surface area contributed by atoms with E-state index in [1.165, 1.54) is 0 Å². The van der Waals surface area contributed by atoms with Crippen LogP contribution in [0.4, 0.5) is 11.4 Å². The average molecular weight is 319 g/mol. The standard InChI is InChI=1S/C15H15BrN2O/c1-9-4-3-5-14(10(9)2)18-15(19)11-6-7-12(16)13(17)8-11/h3-8H,17H2,1-2H3,(H,18,19). The molecule has 0 bridgehead atoms. The maximum Gasteiger partial charge on any atom is 0.255 e. The summed E-state index contributed by atoms with van der Waals surface area (Å²) < 4.78 is 0.788. The van der Waals surface area contributed by atoms with Gasteiger partial charge in [0.25, 0.3) is 5.91 Å². The zero-order valence-electron chi connectivity index (χ0n) is 10.8. The van der Waals surface area contributed by atoms with Crippen molar-refractivity contribution in [2.75, 3.05) is 11.1 Å². The summed E-state index contributed by atoms with van der Waals surface area (Å²) in [7, 11) is 0. The van der Waals surface area contributed by atoms with Gasteiger partial charge in [-0.05, 0) is 65.2 Å². The van der Waals surface area contributed by atoms with Gasteiger partial charge < -0.3 is 11.1 Å². The number of carbonyl (C=O) groups excluding carboxylic acids is 1. The van der Waals surface area contributed by atoms with E-state index in [4.69, 9.17) is 5.73 Å². The van der Waals surface area contributed by atoms with Crippen LogP contribution in [0.25, 0.3) is 0 Å². The van der Waals surface area contributed by atoms with Crippen molar-refractivity contribution in [3.8, 4) is 0 Å². The Balaban J connectivity index is 2.26. The minimum absolute atomic E-state index is 0.159. The lowest BCUT2D eigenvalue weighted by Crippen LogP contribution is -2.13. The van der Waals surface area contributed by atoms with Crippen LogP contribution in [0.2, 0.25) is 0 Å². The SMILES string of the molecule is Cc1cccc(NC(=O)c2ccc(Br)c(N)c2)c1C. The van der Waals surface area contributed by atoms with Crippen LogP contribution < -0.4 is 11.1 Å². The van der Waals surface area contributed by atoms with E-state index in [2.05, 4.69) is 21.2 Å². The fraction of sp³-hybridized carbons (Fsp3) is 0.133. The molecule has 0 atom stereocenters.